The first-order chi connectivity index (χ1) is 16.5. The van der Waals surface area contributed by atoms with E-state index in [4.69, 9.17) is 0 Å². The van der Waals surface area contributed by atoms with Crippen LogP contribution in [0.25, 0.3) is 10.9 Å². The predicted molar refractivity (Wildman–Crippen MR) is 133 cm³/mol. The Bertz CT molecular complexity index is 1550. The van der Waals surface area contributed by atoms with E-state index in [0.717, 1.165) is 11.1 Å². The zero-order valence-electron chi connectivity index (χ0n) is 18.0. The van der Waals surface area contributed by atoms with Crippen molar-refractivity contribution in [2.24, 2.45) is 4.99 Å². The Balaban J connectivity index is 1.39. The van der Waals surface area contributed by atoms with Crippen LogP contribution >= 0.6 is 11.3 Å². The summed E-state index contributed by atoms with van der Waals surface area (Å²) in [7, 11) is 0. The molecule has 1 amide bonds. The molecule has 0 saturated carbocycles. The van der Waals surface area contributed by atoms with Crippen molar-refractivity contribution in [3.63, 3.8) is 0 Å². The number of nitrogens with zero attached hydrogens (tertiary/aromatic N) is 2. The third-order valence-electron chi connectivity index (χ3n) is 5.23. The fourth-order valence-electron chi connectivity index (χ4n) is 3.58. The smallest absolute Gasteiger partial charge is 0.265 e. The van der Waals surface area contributed by atoms with Crippen LogP contribution < -0.4 is 5.32 Å². The number of amides is 1. The van der Waals surface area contributed by atoms with E-state index in [9.17, 15) is 14.7 Å². The first kappa shape index (κ1) is 21.4. The van der Waals surface area contributed by atoms with E-state index in [1.165, 1.54) is 17.6 Å². The van der Waals surface area contributed by atoms with E-state index >= 15 is 0 Å². The summed E-state index contributed by atoms with van der Waals surface area (Å²) >= 11 is 1.35. The first-order valence-corrected chi connectivity index (χ1v) is 11.3. The van der Waals surface area contributed by atoms with Gasteiger partial charge in [-0.15, -0.1) is 11.3 Å². The number of benzene rings is 2. The van der Waals surface area contributed by atoms with Crippen molar-refractivity contribution in [2.45, 2.75) is 6.92 Å². The molecule has 0 spiro atoms. The van der Waals surface area contributed by atoms with Gasteiger partial charge in [0.25, 0.3) is 5.91 Å². The van der Waals surface area contributed by atoms with Gasteiger partial charge in [0, 0.05) is 45.7 Å². The Morgan fingerprint density at radius 3 is 2.71 bits per heavy atom. The third kappa shape index (κ3) is 4.24. The van der Waals surface area contributed by atoms with Crippen LogP contribution in [0, 0.1) is 6.92 Å². The second-order valence-electron chi connectivity index (χ2n) is 7.66. The topological polar surface area (TPSA) is 123 Å². The maximum absolute atomic E-state index is 13.1. The Labute approximate surface area is 198 Å². The van der Waals surface area contributed by atoms with Crippen LogP contribution in [0.5, 0.6) is 5.88 Å². The minimum Gasteiger partial charge on any atom is -0.494 e. The molecule has 0 unspecified atom stereocenters. The number of aromatic nitrogens is 3. The van der Waals surface area contributed by atoms with Gasteiger partial charge in [0.05, 0.1) is 10.4 Å². The SMILES string of the molecule is Cc1cc(N=Cc2c(O)[nH]c3cc(C(=O)c4cccc(NC(=O)c5cccs5)c4)ccc23)n[nH]1. The summed E-state index contributed by atoms with van der Waals surface area (Å²) in [5, 5.41) is 22.6. The van der Waals surface area contributed by atoms with Crippen LogP contribution in [-0.4, -0.2) is 38.2 Å². The molecule has 5 rings (SSSR count). The maximum atomic E-state index is 13.1. The maximum Gasteiger partial charge on any atom is 0.265 e. The number of H-pyrrole nitrogens is 2. The summed E-state index contributed by atoms with van der Waals surface area (Å²) in [5.41, 5.74) is 3.42. The molecule has 0 fully saturated rings. The van der Waals surface area contributed by atoms with E-state index < -0.39 is 0 Å². The number of carbonyl (C=O) groups excluding carboxylic acids is 2. The van der Waals surface area contributed by atoms with E-state index in [-0.39, 0.29) is 17.6 Å². The van der Waals surface area contributed by atoms with Crippen LogP contribution in [-0.2, 0) is 0 Å². The zero-order valence-corrected chi connectivity index (χ0v) is 18.8. The minimum atomic E-state index is -0.220. The van der Waals surface area contributed by atoms with Gasteiger partial charge in [-0.25, -0.2) is 4.99 Å². The molecule has 0 saturated heterocycles. The molecule has 5 aromatic rings. The predicted octanol–water partition coefficient (Wildman–Crippen LogP) is 5.20. The summed E-state index contributed by atoms with van der Waals surface area (Å²) in [4.78, 5) is 33.2. The highest BCUT2D eigenvalue weighted by atomic mass is 32.1. The summed E-state index contributed by atoms with van der Waals surface area (Å²) < 4.78 is 0. The molecule has 0 aliphatic rings. The molecule has 0 bridgehead atoms. The standard InChI is InChI=1S/C25H19N5O3S/c1-14-10-22(30-29-14)26-13-19-18-8-7-16(12-20(18)28-24(19)32)23(31)15-4-2-5-17(11-15)27-25(33)21-6-3-9-34-21/h2-13,28,32H,1H3,(H,27,33)(H,29,30). The zero-order chi connectivity index (χ0) is 23.7. The molecule has 34 heavy (non-hydrogen) atoms. The number of thiophene rings is 1. The molecule has 0 radical (unpaired) electrons. The van der Waals surface area contributed by atoms with Crippen LogP contribution in [0.4, 0.5) is 11.5 Å². The summed E-state index contributed by atoms with van der Waals surface area (Å²) in [5.74, 6) is 0.0329. The normalized spacial score (nSPS) is 11.3. The Morgan fingerprint density at radius 1 is 1.09 bits per heavy atom. The lowest BCUT2D eigenvalue weighted by Crippen LogP contribution is -2.11. The fraction of sp³-hybridized carbons (Fsp3) is 0.0400. The molecule has 4 N–H and O–H groups in total. The molecule has 0 atom stereocenters. The van der Waals surface area contributed by atoms with Crippen molar-refractivity contribution in [2.75, 3.05) is 5.32 Å². The van der Waals surface area contributed by atoms with Gasteiger partial charge in [-0.2, -0.15) is 5.10 Å². The summed E-state index contributed by atoms with van der Waals surface area (Å²) in [6.07, 6.45) is 1.53. The van der Waals surface area contributed by atoms with Gasteiger partial charge in [0.2, 0.25) is 0 Å². The van der Waals surface area contributed by atoms with Crippen molar-refractivity contribution in [3.05, 3.63) is 93.3 Å². The monoisotopic (exact) mass is 469 g/mol. The van der Waals surface area contributed by atoms with Gasteiger partial charge in [0.15, 0.2) is 17.5 Å². The first-order valence-electron chi connectivity index (χ1n) is 10.4. The summed E-state index contributed by atoms with van der Waals surface area (Å²) in [6, 6.07) is 17.3. The molecular formula is C25H19N5O3S. The van der Waals surface area contributed by atoms with Crippen molar-refractivity contribution in [1.29, 1.82) is 0 Å². The lowest BCUT2D eigenvalue weighted by molar-refractivity contribution is 0.102. The molecule has 168 valence electrons. The lowest BCUT2D eigenvalue weighted by Gasteiger charge is -2.07. The second kappa shape index (κ2) is 8.80. The largest absolute Gasteiger partial charge is 0.494 e. The fourth-order valence-corrected chi connectivity index (χ4v) is 4.20. The lowest BCUT2D eigenvalue weighted by atomic mass is 10.0. The number of aryl methyl sites for hydroxylation is 1. The van der Waals surface area contributed by atoms with Crippen molar-refractivity contribution < 1.29 is 14.7 Å². The second-order valence-corrected chi connectivity index (χ2v) is 8.60. The van der Waals surface area contributed by atoms with E-state index in [2.05, 4.69) is 25.5 Å². The minimum absolute atomic E-state index is 0.0473. The number of fused-ring (bicyclic) bond motifs is 1. The molecule has 0 aliphatic carbocycles. The molecule has 3 heterocycles. The van der Waals surface area contributed by atoms with Crippen LogP contribution in [0.15, 0.2) is 71.0 Å². The van der Waals surface area contributed by atoms with Crippen LogP contribution in [0.1, 0.15) is 36.9 Å². The Morgan fingerprint density at radius 2 is 1.94 bits per heavy atom. The van der Waals surface area contributed by atoms with Crippen molar-refractivity contribution >= 4 is 51.6 Å². The van der Waals surface area contributed by atoms with E-state index in [1.54, 1.807) is 54.6 Å². The Hall–Kier alpha value is -4.50. The van der Waals surface area contributed by atoms with Crippen molar-refractivity contribution in [3.8, 4) is 5.88 Å². The number of anilines is 1. The molecule has 8 nitrogen and oxygen atoms in total. The quantitative estimate of drug-likeness (QED) is 0.202. The average Bonchev–Trinajstić information content (AvgIpc) is 3.57. The number of ketones is 1. The highest BCUT2D eigenvalue weighted by molar-refractivity contribution is 7.12. The molecule has 2 aromatic carbocycles. The number of aromatic hydroxyl groups is 1. The van der Waals surface area contributed by atoms with Gasteiger partial charge in [-0.1, -0.05) is 30.3 Å². The highest BCUT2D eigenvalue weighted by Gasteiger charge is 2.15. The van der Waals surface area contributed by atoms with E-state index in [0.29, 0.717) is 38.6 Å². The molecular weight excluding hydrogens is 450 g/mol. The molecule has 3 aromatic heterocycles. The van der Waals surface area contributed by atoms with E-state index in [1.807, 2.05) is 18.4 Å². The number of aromatic amines is 2. The van der Waals surface area contributed by atoms with Crippen LogP contribution in [0.2, 0.25) is 0 Å². The number of nitrogens with one attached hydrogen (secondary N) is 3. The van der Waals surface area contributed by atoms with Crippen LogP contribution in [0.3, 0.4) is 0 Å². The molecule has 0 aliphatic heterocycles. The average molecular weight is 470 g/mol. The van der Waals surface area contributed by atoms with Gasteiger partial charge in [-0.05, 0) is 36.6 Å². The van der Waals surface area contributed by atoms with Gasteiger partial charge < -0.3 is 15.4 Å². The number of carbonyl (C=O) groups is 2. The number of rotatable bonds is 6. The van der Waals surface area contributed by atoms with Gasteiger partial charge in [-0.3, -0.25) is 14.7 Å². The highest BCUT2D eigenvalue weighted by Crippen LogP contribution is 2.28. The number of aliphatic imine (C=N–C) groups is 1. The Kier molecular flexibility index (Phi) is 5.52. The summed E-state index contributed by atoms with van der Waals surface area (Å²) in [6.45, 7) is 1.88. The van der Waals surface area contributed by atoms with Gasteiger partial charge in [0.1, 0.15) is 0 Å². The van der Waals surface area contributed by atoms with Crippen molar-refractivity contribution in [1.82, 2.24) is 15.2 Å². The molecule has 9 heteroatoms. The third-order valence-corrected chi connectivity index (χ3v) is 6.09. The van der Waals surface area contributed by atoms with Gasteiger partial charge >= 0.3 is 0 Å². The number of hydrogen-bond donors (Lipinski definition) is 4. The number of hydrogen-bond acceptors (Lipinski definition) is 6.